The van der Waals surface area contributed by atoms with Crippen LogP contribution in [0.4, 0.5) is 5.13 Å². The molecular weight excluding hydrogens is 346 g/mol. The van der Waals surface area contributed by atoms with E-state index in [2.05, 4.69) is 15.3 Å². The second kappa shape index (κ2) is 7.88. The fraction of sp³-hybridized carbons (Fsp3) is 0.632. The number of rotatable bonds is 6. The Hall–Kier alpha value is -1.73. The van der Waals surface area contributed by atoms with Crippen molar-refractivity contribution in [2.45, 2.75) is 58.0 Å². The average molecular weight is 374 g/mol. The molecule has 2 aromatic rings. The van der Waals surface area contributed by atoms with Crippen LogP contribution in [0.15, 0.2) is 16.9 Å². The number of nitrogens with one attached hydrogen (secondary N) is 1. The molecule has 3 heterocycles. The zero-order valence-corrected chi connectivity index (χ0v) is 16.2. The van der Waals surface area contributed by atoms with E-state index in [-0.39, 0.29) is 5.56 Å². The summed E-state index contributed by atoms with van der Waals surface area (Å²) in [4.78, 5) is 20.7. The fourth-order valence-corrected chi connectivity index (χ4v) is 5.05. The van der Waals surface area contributed by atoms with E-state index in [4.69, 9.17) is 4.98 Å². The van der Waals surface area contributed by atoms with Crippen LogP contribution < -0.4 is 10.9 Å². The minimum atomic E-state index is -0.0143. The van der Waals surface area contributed by atoms with Crippen molar-refractivity contribution in [3.63, 3.8) is 0 Å². The first-order valence-electron chi connectivity index (χ1n) is 9.70. The van der Waals surface area contributed by atoms with Gasteiger partial charge in [0.05, 0.1) is 17.9 Å². The van der Waals surface area contributed by atoms with Crippen LogP contribution in [-0.4, -0.2) is 45.3 Å². The number of likely N-dealkylation sites (tertiary alicyclic amines) is 1. The molecule has 7 heteroatoms. The molecule has 0 bridgehead atoms. The monoisotopic (exact) mass is 373 g/mol. The van der Waals surface area contributed by atoms with Crippen molar-refractivity contribution < 1.29 is 0 Å². The van der Waals surface area contributed by atoms with Crippen LogP contribution in [0.5, 0.6) is 0 Å². The van der Waals surface area contributed by atoms with E-state index in [0.29, 0.717) is 12.6 Å². The van der Waals surface area contributed by atoms with Gasteiger partial charge in [0.15, 0.2) is 5.13 Å². The van der Waals surface area contributed by atoms with Gasteiger partial charge in [-0.2, -0.15) is 5.10 Å². The van der Waals surface area contributed by atoms with E-state index in [1.54, 1.807) is 16.8 Å². The third-order valence-electron chi connectivity index (χ3n) is 5.43. The largest absolute Gasteiger partial charge is 0.360 e. The standard InChI is InChI=1S/C19H27N5OS/c1-14-8-9-18(25)24(22-14)12-11-23-10-3-2-5-15(23)13-20-19-21-16-6-4-7-17(16)26-19/h8-9,15H,2-7,10-13H2,1H3,(H,20,21). The highest BCUT2D eigenvalue weighted by atomic mass is 32.1. The second-order valence-electron chi connectivity index (χ2n) is 7.35. The number of thiazole rings is 1. The molecule has 0 amide bonds. The Morgan fingerprint density at radius 2 is 2.15 bits per heavy atom. The summed E-state index contributed by atoms with van der Waals surface area (Å²) in [7, 11) is 0. The van der Waals surface area contributed by atoms with Crippen molar-refractivity contribution in [1.82, 2.24) is 19.7 Å². The van der Waals surface area contributed by atoms with Crippen LogP contribution in [0.1, 0.15) is 41.9 Å². The van der Waals surface area contributed by atoms with E-state index in [9.17, 15) is 4.79 Å². The molecule has 0 radical (unpaired) electrons. The Balaban J connectivity index is 1.35. The molecule has 2 aliphatic rings. The first kappa shape index (κ1) is 17.7. The van der Waals surface area contributed by atoms with Gasteiger partial charge >= 0.3 is 0 Å². The minimum Gasteiger partial charge on any atom is -0.360 e. The number of hydrogen-bond acceptors (Lipinski definition) is 6. The lowest BCUT2D eigenvalue weighted by Gasteiger charge is -2.35. The van der Waals surface area contributed by atoms with Gasteiger partial charge in [0.1, 0.15) is 0 Å². The van der Waals surface area contributed by atoms with Crippen LogP contribution in [0.3, 0.4) is 0 Å². The summed E-state index contributed by atoms with van der Waals surface area (Å²) in [6.45, 7) is 5.48. The number of anilines is 1. The molecule has 1 unspecified atom stereocenters. The van der Waals surface area contributed by atoms with Crippen molar-refractivity contribution in [3.05, 3.63) is 38.8 Å². The Bertz CT molecular complexity index is 793. The number of nitrogens with zero attached hydrogens (tertiary/aromatic N) is 4. The van der Waals surface area contributed by atoms with E-state index in [0.717, 1.165) is 36.9 Å². The molecule has 26 heavy (non-hydrogen) atoms. The highest BCUT2D eigenvalue weighted by Crippen LogP contribution is 2.30. The van der Waals surface area contributed by atoms with Crippen molar-refractivity contribution >= 4 is 16.5 Å². The van der Waals surface area contributed by atoms with Crippen LogP contribution in [-0.2, 0) is 19.4 Å². The van der Waals surface area contributed by atoms with Gasteiger partial charge in [0.2, 0.25) is 0 Å². The molecule has 4 rings (SSSR count). The Morgan fingerprint density at radius 1 is 1.23 bits per heavy atom. The molecule has 1 atom stereocenters. The van der Waals surface area contributed by atoms with Gasteiger partial charge in [-0.1, -0.05) is 6.42 Å². The predicted octanol–water partition coefficient (Wildman–Crippen LogP) is 2.46. The van der Waals surface area contributed by atoms with Gasteiger partial charge in [-0.25, -0.2) is 9.67 Å². The van der Waals surface area contributed by atoms with Gasteiger partial charge in [0.25, 0.3) is 5.56 Å². The van der Waals surface area contributed by atoms with Gasteiger partial charge in [-0.3, -0.25) is 9.69 Å². The third-order valence-corrected chi connectivity index (χ3v) is 6.55. The van der Waals surface area contributed by atoms with Crippen LogP contribution in [0, 0.1) is 6.92 Å². The Kier molecular flexibility index (Phi) is 5.36. The molecule has 1 aliphatic carbocycles. The molecule has 0 spiro atoms. The summed E-state index contributed by atoms with van der Waals surface area (Å²) in [5.74, 6) is 0. The van der Waals surface area contributed by atoms with Crippen molar-refractivity contribution in [2.75, 3.05) is 25.0 Å². The molecule has 0 aromatic carbocycles. The molecule has 1 aliphatic heterocycles. The normalized spacial score (nSPS) is 20.3. The summed E-state index contributed by atoms with van der Waals surface area (Å²) < 4.78 is 1.60. The van der Waals surface area contributed by atoms with Crippen LogP contribution in [0.2, 0.25) is 0 Å². The van der Waals surface area contributed by atoms with Crippen molar-refractivity contribution in [2.24, 2.45) is 0 Å². The number of piperidine rings is 1. The summed E-state index contributed by atoms with van der Waals surface area (Å²) >= 11 is 1.83. The SMILES string of the molecule is Cc1ccc(=O)n(CCN2CCCCC2CNc2nc3c(s2)CCC3)n1. The highest BCUT2D eigenvalue weighted by Gasteiger charge is 2.23. The van der Waals surface area contributed by atoms with Gasteiger partial charge in [-0.05, 0) is 51.6 Å². The molecule has 6 nitrogen and oxygen atoms in total. The van der Waals surface area contributed by atoms with Crippen LogP contribution in [0.25, 0.3) is 0 Å². The molecule has 140 valence electrons. The zero-order chi connectivity index (χ0) is 17.9. The van der Waals surface area contributed by atoms with Crippen molar-refractivity contribution in [3.8, 4) is 0 Å². The molecule has 1 N–H and O–H groups in total. The predicted molar refractivity (Wildman–Crippen MR) is 105 cm³/mol. The van der Waals surface area contributed by atoms with Gasteiger partial charge in [-0.15, -0.1) is 11.3 Å². The van der Waals surface area contributed by atoms with E-state index in [1.807, 2.05) is 18.3 Å². The molecular formula is C19H27N5OS. The number of fused-ring (bicyclic) bond motifs is 1. The lowest BCUT2D eigenvalue weighted by Crippen LogP contribution is -2.45. The quantitative estimate of drug-likeness (QED) is 0.843. The maximum atomic E-state index is 12.0. The third kappa shape index (κ3) is 3.99. The van der Waals surface area contributed by atoms with Gasteiger partial charge < -0.3 is 5.32 Å². The summed E-state index contributed by atoms with van der Waals surface area (Å²) in [6, 6.07) is 3.89. The lowest BCUT2D eigenvalue weighted by molar-refractivity contribution is 0.148. The summed E-state index contributed by atoms with van der Waals surface area (Å²) in [5, 5.41) is 9.01. The van der Waals surface area contributed by atoms with E-state index >= 15 is 0 Å². The highest BCUT2D eigenvalue weighted by molar-refractivity contribution is 7.15. The smallest absolute Gasteiger partial charge is 0.266 e. The topological polar surface area (TPSA) is 63.1 Å². The zero-order valence-electron chi connectivity index (χ0n) is 15.4. The van der Waals surface area contributed by atoms with Crippen LogP contribution >= 0.6 is 11.3 Å². The molecule has 1 saturated heterocycles. The average Bonchev–Trinajstić information content (AvgIpc) is 3.23. The summed E-state index contributed by atoms with van der Waals surface area (Å²) in [6.07, 6.45) is 7.31. The van der Waals surface area contributed by atoms with E-state index in [1.165, 1.54) is 42.7 Å². The first-order chi connectivity index (χ1) is 12.7. The van der Waals surface area contributed by atoms with Crippen molar-refractivity contribution in [1.29, 1.82) is 0 Å². The van der Waals surface area contributed by atoms with E-state index < -0.39 is 0 Å². The maximum Gasteiger partial charge on any atom is 0.266 e. The number of hydrogen-bond donors (Lipinski definition) is 1. The molecule has 1 fully saturated rings. The lowest BCUT2D eigenvalue weighted by atomic mass is 10.0. The maximum absolute atomic E-state index is 12.0. The number of aryl methyl sites for hydroxylation is 3. The minimum absolute atomic E-state index is 0.0143. The molecule has 0 saturated carbocycles. The fourth-order valence-electron chi connectivity index (χ4n) is 3.99. The Morgan fingerprint density at radius 3 is 3.04 bits per heavy atom. The summed E-state index contributed by atoms with van der Waals surface area (Å²) in [5.41, 5.74) is 2.18. The number of aromatic nitrogens is 3. The first-order valence-corrected chi connectivity index (χ1v) is 10.5. The Labute approximate surface area is 158 Å². The second-order valence-corrected chi connectivity index (χ2v) is 8.43. The van der Waals surface area contributed by atoms with Gasteiger partial charge in [0, 0.05) is 30.1 Å². The molecule has 2 aromatic heterocycles.